The third-order valence-corrected chi connectivity index (χ3v) is 6.57. The average molecular weight is 515 g/mol. The summed E-state index contributed by atoms with van der Waals surface area (Å²) in [5.74, 6) is 0.0855. The van der Waals surface area contributed by atoms with Gasteiger partial charge in [0.1, 0.15) is 5.58 Å². The predicted molar refractivity (Wildman–Crippen MR) is 130 cm³/mol. The van der Waals surface area contributed by atoms with E-state index in [1.807, 2.05) is 6.92 Å². The van der Waals surface area contributed by atoms with Crippen molar-refractivity contribution in [1.82, 2.24) is 9.80 Å². The molecule has 0 bridgehead atoms. The van der Waals surface area contributed by atoms with Gasteiger partial charge in [-0.15, -0.1) is 0 Å². The van der Waals surface area contributed by atoms with Crippen molar-refractivity contribution in [2.45, 2.75) is 26.8 Å². The molecule has 0 aliphatic carbocycles. The van der Waals surface area contributed by atoms with E-state index in [1.54, 1.807) is 35.2 Å². The van der Waals surface area contributed by atoms with Crippen LogP contribution in [0.4, 0.5) is 0 Å². The molecule has 1 amide bonds. The maximum absolute atomic E-state index is 13.6. The van der Waals surface area contributed by atoms with Crippen LogP contribution < -0.4 is 10.2 Å². The molecule has 174 valence electrons. The van der Waals surface area contributed by atoms with Crippen molar-refractivity contribution < 1.29 is 19.1 Å². The number of benzene rings is 2. The predicted octanol–water partition coefficient (Wildman–Crippen LogP) is 4.55. The molecule has 1 aromatic heterocycles. The molecule has 0 fully saturated rings. The Bertz CT molecular complexity index is 1250. The molecule has 1 aliphatic rings. The lowest BCUT2D eigenvalue weighted by Crippen LogP contribution is -2.37. The molecule has 0 radical (unpaired) electrons. The highest BCUT2D eigenvalue weighted by Gasteiger charge is 2.42. The quantitative estimate of drug-likeness (QED) is 0.474. The topological polar surface area (TPSA) is 83.2 Å². The number of nitrogens with zero attached hydrogens (tertiary/aromatic N) is 2. The minimum atomic E-state index is -0.637. The highest BCUT2D eigenvalue weighted by atomic mass is 79.9. The number of ether oxygens (including phenoxy) is 1. The fraction of sp³-hybridized carbons (Fsp3) is 0.360. The van der Waals surface area contributed by atoms with Gasteiger partial charge in [-0.2, -0.15) is 0 Å². The number of hydrogen-bond donors (Lipinski definition) is 1. The maximum Gasteiger partial charge on any atom is 0.290 e. The number of likely N-dealkylation sites (N-methyl/N-ethyl adjacent to an activating group) is 1. The van der Waals surface area contributed by atoms with Crippen LogP contribution in [-0.2, 0) is 0 Å². The molecule has 2 aromatic carbocycles. The van der Waals surface area contributed by atoms with E-state index in [0.29, 0.717) is 47.5 Å². The Morgan fingerprint density at radius 3 is 2.58 bits per heavy atom. The van der Waals surface area contributed by atoms with Crippen LogP contribution >= 0.6 is 15.9 Å². The first kappa shape index (κ1) is 23.3. The molecule has 1 unspecified atom stereocenters. The summed E-state index contributed by atoms with van der Waals surface area (Å²) in [4.78, 5) is 31.0. The summed E-state index contributed by atoms with van der Waals surface area (Å²) in [7, 11) is 0. The molecule has 0 saturated carbocycles. The lowest BCUT2D eigenvalue weighted by atomic mass is 9.98. The lowest BCUT2D eigenvalue weighted by molar-refractivity contribution is 0.0708. The Balaban J connectivity index is 1.89. The number of aromatic hydroxyl groups is 1. The van der Waals surface area contributed by atoms with E-state index in [2.05, 4.69) is 34.7 Å². The monoisotopic (exact) mass is 514 g/mol. The molecular weight excluding hydrogens is 488 g/mol. The van der Waals surface area contributed by atoms with Crippen LogP contribution in [0.25, 0.3) is 11.0 Å². The van der Waals surface area contributed by atoms with Crippen molar-refractivity contribution in [3.8, 4) is 11.5 Å². The highest BCUT2D eigenvalue weighted by Crippen LogP contribution is 2.40. The smallest absolute Gasteiger partial charge is 0.290 e. The first-order valence-corrected chi connectivity index (χ1v) is 11.9. The highest BCUT2D eigenvalue weighted by molar-refractivity contribution is 9.10. The number of carbonyl (C=O) groups excluding carboxylic acids is 1. The van der Waals surface area contributed by atoms with Gasteiger partial charge >= 0.3 is 0 Å². The minimum absolute atomic E-state index is 0.00862. The van der Waals surface area contributed by atoms with Crippen LogP contribution in [0.2, 0.25) is 0 Å². The molecule has 7 nitrogen and oxygen atoms in total. The number of hydrogen-bond acceptors (Lipinski definition) is 6. The van der Waals surface area contributed by atoms with Crippen LogP contribution in [0.15, 0.2) is 50.1 Å². The second kappa shape index (κ2) is 9.57. The standard InChI is InChI=1S/C25H27BrN2O5/c1-4-27(5-2)11-12-28-22(15-7-9-18(29)20(13-15)32-6-3)21-23(30)17-14-16(26)8-10-19(17)33-24(21)25(28)31/h7-10,13-14,22,29H,4-6,11-12H2,1-3H3. The van der Waals surface area contributed by atoms with Gasteiger partial charge in [-0.3, -0.25) is 9.59 Å². The van der Waals surface area contributed by atoms with E-state index in [9.17, 15) is 14.7 Å². The van der Waals surface area contributed by atoms with Crippen LogP contribution in [0.1, 0.15) is 48.5 Å². The normalized spacial score (nSPS) is 15.5. The molecule has 1 atom stereocenters. The summed E-state index contributed by atoms with van der Waals surface area (Å²) in [5.41, 5.74) is 1.14. The van der Waals surface area contributed by atoms with Gasteiger partial charge in [-0.05, 0) is 55.9 Å². The van der Waals surface area contributed by atoms with Crippen LogP contribution in [0, 0.1) is 0 Å². The molecule has 3 aromatic rings. The number of phenols is 1. The van der Waals surface area contributed by atoms with E-state index >= 15 is 0 Å². The van der Waals surface area contributed by atoms with E-state index in [0.717, 1.165) is 17.6 Å². The molecule has 33 heavy (non-hydrogen) atoms. The van der Waals surface area contributed by atoms with Gasteiger partial charge in [0.15, 0.2) is 16.9 Å². The zero-order chi connectivity index (χ0) is 23.7. The minimum Gasteiger partial charge on any atom is -0.504 e. The number of amides is 1. The van der Waals surface area contributed by atoms with Crippen LogP contribution in [0.3, 0.4) is 0 Å². The van der Waals surface area contributed by atoms with E-state index in [-0.39, 0.29) is 22.8 Å². The Hall–Kier alpha value is -2.84. The van der Waals surface area contributed by atoms with Gasteiger partial charge in [-0.1, -0.05) is 35.8 Å². The fourth-order valence-corrected chi connectivity index (χ4v) is 4.69. The number of phenolic OH excluding ortho intramolecular Hbond substituents is 1. The SMILES string of the molecule is CCOc1cc(C2c3c(oc4ccc(Br)cc4c3=O)C(=O)N2CCN(CC)CC)ccc1O. The van der Waals surface area contributed by atoms with Gasteiger partial charge in [0.05, 0.1) is 23.6 Å². The summed E-state index contributed by atoms with van der Waals surface area (Å²) < 4.78 is 12.3. The molecule has 1 N–H and O–H groups in total. The second-order valence-corrected chi connectivity index (χ2v) is 8.82. The number of halogens is 1. The van der Waals surface area contributed by atoms with Crippen molar-refractivity contribution >= 4 is 32.8 Å². The average Bonchev–Trinajstić information content (AvgIpc) is 3.08. The summed E-state index contributed by atoms with van der Waals surface area (Å²) in [6, 6.07) is 9.49. The van der Waals surface area contributed by atoms with Gasteiger partial charge in [0, 0.05) is 17.6 Å². The first-order valence-electron chi connectivity index (χ1n) is 11.1. The maximum atomic E-state index is 13.6. The van der Waals surface area contributed by atoms with Crippen molar-refractivity contribution in [1.29, 1.82) is 0 Å². The molecule has 1 aliphatic heterocycles. The number of fused-ring (bicyclic) bond motifs is 2. The number of rotatable bonds is 8. The molecule has 0 spiro atoms. The summed E-state index contributed by atoms with van der Waals surface area (Å²) in [5, 5.41) is 10.6. The summed E-state index contributed by atoms with van der Waals surface area (Å²) in [6.07, 6.45) is 0. The first-order chi connectivity index (χ1) is 15.9. The largest absolute Gasteiger partial charge is 0.504 e. The van der Waals surface area contributed by atoms with Crippen LogP contribution in [-0.4, -0.2) is 53.6 Å². The third kappa shape index (κ3) is 4.25. The molecule has 4 rings (SSSR count). The van der Waals surface area contributed by atoms with Crippen LogP contribution in [0.5, 0.6) is 11.5 Å². The van der Waals surface area contributed by atoms with Crippen molar-refractivity contribution in [2.24, 2.45) is 0 Å². The molecule has 8 heteroatoms. The number of carbonyl (C=O) groups is 1. The Morgan fingerprint density at radius 2 is 1.88 bits per heavy atom. The van der Waals surface area contributed by atoms with Crippen molar-refractivity contribution in [2.75, 3.05) is 32.8 Å². The zero-order valence-electron chi connectivity index (χ0n) is 18.9. The molecule has 0 saturated heterocycles. The van der Waals surface area contributed by atoms with Gasteiger partial charge < -0.3 is 24.1 Å². The Labute approximate surface area is 200 Å². The zero-order valence-corrected chi connectivity index (χ0v) is 20.5. The Kier molecular flexibility index (Phi) is 6.76. The van der Waals surface area contributed by atoms with Gasteiger partial charge in [0.2, 0.25) is 5.76 Å². The van der Waals surface area contributed by atoms with E-state index < -0.39 is 6.04 Å². The lowest BCUT2D eigenvalue weighted by Gasteiger charge is -2.28. The van der Waals surface area contributed by atoms with E-state index in [4.69, 9.17) is 9.15 Å². The summed E-state index contributed by atoms with van der Waals surface area (Å²) >= 11 is 3.41. The summed E-state index contributed by atoms with van der Waals surface area (Å²) in [6.45, 7) is 9.17. The fourth-order valence-electron chi connectivity index (χ4n) is 4.33. The molecule has 2 heterocycles. The third-order valence-electron chi connectivity index (χ3n) is 6.08. The van der Waals surface area contributed by atoms with Gasteiger partial charge in [-0.25, -0.2) is 0 Å². The Morgan fingerprint density at radius 1 is 1.12 bits per heavy atom. The van der Waals surface area contributed by atoms with Crippen molar-refractivity contribution in [3.63, 3.8) is 0 Å². The molecular formula is C25H27BrN2O5. The van der Waals surface area contributed by atoms with Gasteiger partial charge in [0.25, 0.3) is 5.91 Å². The van der Waals surface area contributed by atoms with E-state index in [1.165, 1.54) is 6.07 Å². The van der Waals surface area contributed by atoms with Crippen molar-refractivity contribution in [3.05, 3.63) is 68.0 Å². The second-order valence-electron chi connectivity index (χ2n) is 7.90.